The lowest BCUT2D eigenvalue weighted by Crippen LogP contribution is -2.47. The molecule has 2 rings (SSSR count). The number of carbonyl (C=O) groups is 1. The minimum Gasteiger partial charge on any atom is -0.495 e. The van der Waals surface area contributed by atoms with Gasteiger partial charge in [-0.25, -0.2) is 0 Å². The number of methoxy groups -OCH3 is 1. The van der Waals surface area contributed by atoms with Gasteiger partial charge >= 0.3 is 5.97 Å². The fraction of sp³-hybridized carbons (Fsp3) is 0.562. The van der Waals surface area contributed by atoms with Crippen molar-refractivity contribution in [3.63, 3.8) is 0 Å². The van der Waals surface area contributed by atoms with Crippen LogP contribution in [0.4, 0.5) is 5.69 Å². The molecular weight excluding hydrogens is 268 g/mol. The molecule has 5 heteroatoms. The van der Waals surface area contributed by atoms with Crippen molar-refractivity contribution in [1.29, 1.82) is 0 Å². The van der Waals surface area contributed by atoms with Crippen LogP contribution in [-0.4, -0.2) is 57.3 Å². The Morgan fingerprint density at radius 2 is 2.00 bits per heavy atom. The van der Waals surface area contributed by atoms with Crippen molar-refractivity contribution in [2.24, 2.45) is 0 Å². The summed E-state index contributed by atoms with van der Waals surface area (Å²) in [6.45, 7) is 5.89. The third-order valence-electron chi connectivity index (χ3n) is 3.60. The van der Waals surface area contributed by atoms with Crippen molar-refractivity contribution in [3.05, 3.63) is 24.3 Å². The second kappa shape index (κ2) is 7.88. The molecule has 1 unspecified atom stereocenters. The quantitative estimate of drug-likeness (QED) is 0.748. The van der Waals surface area contributed by atoms with Crippen LogP contribution in [0.5, 0.6) is 5.75 Å². The molecular formula is C16H24N2O3. The van der Waals surface area contributed by atoms with E-state index in [1.165, 1.54) is 0 Å². The first-order valence-corrected chi connectivity index (χ1v) is 7.35. The van der Waals surface area contributed by atoms with E-state index in [1.807, 2.05) is 18.2 Å². The van der Waals surface area contributed by atoms with Gasteiger partial charge in [0.15, 0.2) is 0 Å². The highest BCUT2D eigenvalue weighted by Crippen LogP contribution is 2.28. The Hall–Kier alpha value is -1.75. The minimum atomic E-state index is -0.822. The number of ether oxygens (including phenoxy) is 2. The molecule has 1 heterocycles. The molecule has 0 spiro atoms. The van der Waals surface area contributed by atoms with Crippen molar-refractivity contribution >= 4 is 11.7 Å². The van der Waals surface area contributed by atoms with Crippen LogP contribution in [0, 0.1) is 0 Å². The first-order valence-electron chi connectivity index (χ1n) is 7.92. The van der Waals surface area contributed by atoms with Gasteiger partial charge in [0, 0.05) is 34.1 Å². The summed E-state index contributed by atoms with van der Waals surface area (Å²) in [5.41, 5.74) is 1.09. The topological polar surface area (TPSA) is 42.0 Å². The summed E-state index contributed by atoms with van der Waals surface area (Å²) >= 11 is 0. The smallest absolute Gasteiger partial charge is 0.307 e. The zero-order valence-electron chi connectivity index (χ0n) is 13.7. The van der Waals surface area contributed by atoms with E-state index in [2.05, 4.69) is 15.9 Å². The summed E-state index contributed by atoms with van der Waals surface area (Å²) in [5, 5.41) is 0. The predicted molar refractivity (Wildman–Crippen MR) is 82.9 cm³/mol. The Kier molecular flexibility index (Phi) is 5.33. The lowest BCUT2D eigenvalue weighted by Gasteiger charge is -2.36. The number of hydrogen-bond acceptors (Lipinski definition) is 5. The Bertz CT molecular complexity index is 490. The first kappa shape index (κ1) is 14.2. The summed E-state index contributed by atoms with van der Waals surface area (Å²) in [6, 6.07) is 7.98. The third kappa shape index (κ3) is 4.36. The Morgan fingerprint density at radius 3 is 2.67 bits per heavy atom. The van der Waals surface area contributed by atoms with Crippen molar-refractivity contribution in [3.8, 4) is 5.75 Å². The first-order chi connectivity index (χ1) is 10.7. The highest BCUT2D eigenvalue weighted by atomic mass is 16.5. The van der Waals surface area contributed by atoms with Crippen LogP contribution in [0.25, 0.3) is 0 Å². The van der Waals surface area contributed by atoms with Gasteiger partial charge in [-0.05, 0) is 19.1 Å². The lowest BCUT2D eigenvalue weighted by atomic mass is 10.2. The summed E-state index contributed by atoms with van der Waals surface area (Å²) in [4.78, 5) is 15.9. The van der Waals surface area contributed by atoms with Crippen LogP contribution in [0.15, 0.2) is 24.3 Å². The van der Waals surface area contributed by atoms with Crippen LogP contribution < -0.4 is 9.64 Å². The van der Waals surface area contributed by atoms with Crippen LogP contribution in [-0.2, 0) is 9.53 Å². The maximum absolute atomic E-state index is 11.5. The molecule has 0 amide bonds. The number of rotatable bonds is 6. The third-order valence-corrected chi connectivity index (χ3v) is 3.60. The summed E-state index contributed by atoms with van der Waals surface area (Å²) < 4.78 is 18.1. The van der Waals surface area contributed by atoms with Gasteiger partial charge in [0.05, 0.1) is 25.8 Å². The van der Waals surface area contributed by atoms with Crippen molar-refractivity contribution in [2.75, 3.05) is 51.3 Å². The number of anilines is 1. The van der Waals surface area contributed by atoms with Gasteiger partial charge in [-0.2, -0.15) is 0 Å². The molecule has 21 heavy (non-hydrogen) atoms. The van der Waals surface area contributed by atoms with Gasteiger partial charge in [-0.3, -0.25) is 9.69 Å². The van der Waals surface area contributed by atoms with Crippen LogP contribution in [0.2, 0.25) is 0 Å². The van der Waals surface area contributed by atoms with Crippen molar-refractivity contribution in [2.45, 2.75) is 13.3 Å². The Labute approximate surface area is 127 Å². The maximum atomic E-state index is 11.5. The van der Waals surface area contributed by atoms with Gasteiger partial charge in [0.25, 0.3) is 0 Å². The van der Waals surface area contributed by atoms with E-state index < -0.39 is 12.4 Å². The van der Waals surface area contributed by atoms with E-state index in [4.69, 9.17) is 10.8 Å². The number of benzene rings is 1. The molecule has 1 aliphatic rings. The fourth-order valence-corrected chi connectivity index (χ4v) is 2.47. The molecule has 0 radical (unpaired) electrons. The van der Waals surface area contributed by atoms with Crippen molar-refractivity contribution in [1.82, 2.24) is 4.90 Å². The molecule has 1 atom stereocenters. The standard InChI is InChI=1S/C16H24N2O3/c1-3-21-16(19)8-9-17-10-12-18(13-11-17)14-6-4-5-7-15(14)20-2/h4-7H,3,8-13H2,1-2H3/i8D. The molecule has 0 N–H and O–H groups in total. The largest absolute Gasteiger partial charge is 0.495 e. The highest BCUT2D eigenvalue weighted by molar-refractivity contribution is 5.69. The number of esters is 1. The molecule has 1 aromatic rings. The van der Waals surface area contributed by atoms with Crippen molar-refractivity contribution < 1.29 is 15.6 Å². The summed E-state index contributed by atoms with van der Waals surface area (Å²) in [5.74, 6) is 0.440. The SMILES string of the molecule is [2H]C(CN1CCN(c2ccccc2OC)CC1)C(=O)OCC. The molecule has 0 aromatic heterocycles. The van der Waals surface area contributed by atoms with Crippen LogP contribution >= 0.6 is 0 Å². The van der Waals surface area contributed by atoms with Gasteiger partial charge in [0.1, 0.15) is 5.75 Å². The van der Waals surface area contributed by atoms with Crippen LogP contribution in [0.1, 0.15) is 14.7 Å². The second-order valence-electron chi connectivity index (χ2n) is 4.92. The minimum absolute atomic E-state index is 0.329. The van der Waals surface area contributed by atoms with Gasteiger partial charge in [-0.15, -0.1) is 0 Å². The molecule has 1 aromatic carbocycles. The average Bonchev–Trinajstić information content (AvgIpc) is 2.55. The van der Waals surface area contributed by atoms with Gasteiger partial charge in [-0.1, -0.05) is 12.1 Å². The second-order valence-corrected chi connectivity index (χ2v) is 4.92. The average molecular weight is 293 g/mol. The normalized spacial score (nSPS) is 18.0. The molecule has 0 aliphatic carbocycles. The van der Waals surface area contributed by atoms with E-state index in [1.54, 1.807) is 14.0 Å². The van der Waals surface area contributed by atoms with E-state index in [9.17, 15) is 4.79 Å². The van der Waals surface area contributed by atoms with E-state index in [-0.39, 0.29) is 0 Å². The molecule has 1 aliphatic heterocycles. The molecule has 1 fully saturated rings. The number of nitrogens with zero attached hydrogens (tertiary/aromatic N) is 2. The monoisotopic (exact) mass is 293 g/mol. The molecule has 0 bridgehead atoms. The number of para-hydroxylation sites is 2. The van der Waals surface area contributed by atoms with E-state index in [0.717, 1.165) is 37.6 Å². The Morgan fingerprint density at radius 1 is 1.29 bits per heavy atom. The maximum Gasteiger partial charge on any atom is 0.307 e. The van der Waals surface area contributed by atoms with E-state index in [0.29, 0.717) is 13.2 Å². The summed E-state index contributed by atoms with van der Waals surface area (Å²) in [6.07, 6.45) is -0.822. The van der Waals surface area contributed by atoms with Gasteiger partial charge in [0.2, 0.25) is 0 Å². The summed E-state index contributed by atoms with van der Waals surface area (Å²) in [7, 11) is 1.68. The highest BCUT2D eigenvalue weighted by Gasteiger charge is 2.19. The predicted octanol–water partition coefficient (Wildman–Crippen LogP) is 1.77. The molecule has 0 saturated carbocycles. The van der Waals surface area contributed by atoms with E-state index >= 15 is 0 Å². The zero-order chi connectivity index (χ0) is 15.9. The molecule has 5 nitrogen and oxygen atoms in total. The Balaban J connectivity index is 1.86. The number of hydrogen-bond donors (Lipinski definition) is 0. The number of carbonyl (C=O) groups excluding carboxylic acids is 1. The number of piperazine rings is 1. The lowest BCUT2D eigenvalue weighted by molar-refractivity contribution is -0.143. The molecule has 116 valence electrons. The van der Waals surface area contributed by atoms with Crippen LogP contribution in [0.3, 0.4) is 0 Å². The van der Waals surface area contributed by atoms with Gasteiger partial charge < -0.3 is 14.4 Å². The zero-order valence-corrected chi connectivity index (χ0v) is 12.7. The molecule has 1 saturated heterocycles. The fourth-order valence-electron chi connectivity index (χ4n) is 2.47.